The number of aliphatic carboxylic acids is 1. The Hall–Kier alpha value is -1.84. The van der Waals surface area contributed by atoms with Crippen molar-refractivity contribution in [2.24, 2.45) is 11.8 Å². The van der Waals surface area contributed by atoms with E-state index in [-0.39, 0.29) is 5.91 Å². The number of anilines is 1. The van der Waals surface area contributed by atoms with Crippen molar-refractivity contribution < 1.29 is 14.7 Å². The van der Waals surface area contributed by atoms with Gasteiger partial charge in [-0.15, -0.1) is 0 Å². The van der Waals surface area contributed by atoms with Crippen molar-refractivity contribution >= 4 is 17.6 Å². The summed E-state index contributed by atoms with van der Waals surface area (Å²) in [6.45, 7) is 5.93. The van der Waals surface area contributed by atoms with E-state index in [1.165, 1.54) is 0 Å². The molecule has 2 N–H and O–H groups in total. The van der Waals surface area contributed by atoms with Crippen molar-refractivity contribution in [3.05, 3.63) is 28.8 Å². The summed E-state index contributed by atoms with van der Waals surface area (Å²) in [7, 11) is 0. The van der Waals surface area contributed by atoms with Gasteiger partial charge in [-0.3, -0.25) is 9.59 Å². The highest BCUT2D eigenvalue weighted by Crippen LogP contribution is 2.33. The minimum absolute atomic E-state index is 0.162. The van der Waals surface area contributed by atoms with Crippen LogP contribution in [-0.4, -0.2) is 17.0 Å². The molecule has 1 aliphatic rings. The normalized spacial score (nSPS) is 21.8. The van der Waals surface area contributed by atoms with Gasteiger partial charge in [-0.2, -0.15) is 0 Å². The second-order valence-corrected chi connectivity index (χ2v) is 5.75. The Morgan fingerprint density at radius 3 is 2.20 bits per heavy atom. The average molecular weight is 275 g/mol. The lowest BCUT2D eigenvalue weighted by molar-refractivity contribution is -0.145. The van der Waals surface area contributed by atoms with Gasteiger partial charge in [-0.1, -0.05) is 24.1 Å². The molecule has 1 fully saturated rings. The summed E-state index contributed by atoms with van der Waals surface area (Å²) >= 11 is 0. The molecule has 2 atom stereocenters. The highest BCUT2D eigenvalue weighted by molar-refractivity contribution is 5.96. The first-order valence-electron chi connectivity index (χ1n) is 7.01. The third-order valence-corrected chi connectivity index (χ3v) is 4.10. The van der Waals surface area contributed by atoms with E-state index in [9.17, 15) is 9.59 Å². The molecule has 1 aromatic rings. The molecule has 108 valence electrons. The van der Waals surface area contributed by atoms with E-state index in [1.807, 2.05) is 32.9 Å². The van der Waals surface area contributed by atoms with Gasteiger partial charge < -0.3 is 10.4 Å². The van der Waals surface area contributed by atoms with Crippen LogP contribution in [0.2, 0.25) is 0 Å². The second kappa shape index (κ2) is 5.65. The molecule has 0 saturated heterocycles. The van der Waals surface area contributed by atoms with Gasteiger partial charge in [0, 0.05) is 5.69 Å². The van der Waals surface area contributed by atoms with Crippen molar-refractivity contribution in [2.75, 3.05) is 5.32 Å². The van der Waals surface area contributed by atoms with Gasteiger partial charge in [0.05, 0.1) is 11.8 Å². The molecule has 4 heteroatoms. The number of carbonyl (C=O) groups excluding carboxylic acids is 1. The number of carboxylic acids is 1. The number of rotatable bonds is 3. The number of hydrogen-bond donors (Lipinski definition) is 2. The molecule has 1 aliphatic carbocycles. The number of hydrogen-bond acceptors (Lipinski definition) is 2. The van der Waals surface area contributed by atoms with Crippen LogP contribution >= 0.6 is 0 Å². The second-order valence-electron chi connectivity index (χ2n) is 5.75. The van der Waals surface area contributed by atoms with Crippen LogP contribution in [0.5, 0.6) is 0 Å². The van der Waals surface area contributed by atoms with Crippen LogP contribution in [0.15, 0.2) is 12.1 Å². The molecule has 0 bridgehead atoms. The highest BCUT2D eigenvalue weighted by atomic mass is 16.4. The van der Waals surface area contributed by atoms with Crippen molar-refractivity contribution in [1.82, 2.24) is 0 Å². The fraction of sp³-hybridized carbons (Fsp3) is 0.500. The largest absolute Gasteiger partial charge is 0.481 e. The molecule has 1 aromatic carbocycles. The number of nitrogens with one attached hydrogen (secondary N) is 1. The molecule has 0 aromatic heterocycles. The molecular weight excluding hydrogens is 254 g/mol. The van der Waals surface area contributed by atoms with Crippen molar-refractivity contribution in [3.63, 3.8) is 0 Å². The summed E-state index contributed by atoms with van der Waals surface area (Å²) in [5.41, 5.74) is 4.00. The van der Waals surface area contributed by atoms with Crippen molar-refractivity contribution in [3.8, 4) is 0 Å². The predicted octanol–water partition coefficient (Wildman–Crippen LogP) is 3.05. The van der Waals surface area contributed by atoms with Crippen molar-refractivity contribution in [2.45, 2.75) is 40.0 Å². The van der Waals surface area contributed by atoms with E-state index in [0.29, 0.717) is 12.8 Å². The zero-order chi connectivity index (χ0) is 14.9. The van der Waals surface area contributed by atoms with E-state index in [2.05, 4.69) is 5.32 Å². The van der Waals surface area contributed by atoms with Gasteiger partial charge in [0.15, 0.2) is 0 Å². The Kier molecular flexibility index (Phi) is 4.12. The fourth-order valence-electron chi connectivity index (χ4n) is 3.16. The van der Waals surface area contributed by atoms with E-state index in [0.717, 1.165) is 28.8 Å². The Morgan fingerprint density at radius 2 is 1.65 bits per heavy atom. The van der Waals surface area contributed by atoms with Crippen LogP contribution in [0.25, 0.3) is 0 Å². The Labute approximate surface area is 119 Å². The zero-order valence-electron chi connectivity index (χ0n) is 12.2. The molecule has 0 spiro atoms. The molecule has 4 nitrogen and oxygen atoms in total. The predicted molar refractivity (Wildman–Crippen MR) is 77.7 cm³/mol. The number of carbonyl (C=O) groups is 2. The smallest absolute Gasteiger partial charge is 0.307 e. The van der Waals surface area contributed by atoms with E-state index in [1.54, 1.807) is 0 Å². The van der Waals surface area contributed by atoms with Gasteiger partial charge in [0.2, 0.25) is 5.91 Å². The molecule has 0 aliphatic heterocycles. The Bertz CT molecular complexity index is 528. The van der Waals surface area contributed by atoms with Gasteiger partial charge in [-0.05, 0) is 44.7 Å². The van der Waals surface area contributed by atoms with E-state index in [4.69, 9.17) is 5.11 Å². The standard InChI is InChI=1S/C16H21NO3/c1-9-7-10(2)14(11(3)8-9)17-15(18)12-5-4-6-13(12)16(19)20/h7-8,12-13H,4-6H2,1-3H3,(H,17,18)(H,19,20). The lowest BCUT2D eigenvalue weighted by atomic mass is 9.95. The molecule has 2 unspecified atom stereocenters. The summed E-state index contributed by atoms with van der Waals surface area (Å²) in [5, 5.41) is 12.1. The van der Waals surface area contributed by atoms with Gasteiger partial charge >= 0.3 is 5.97 Å². The summed E-state index contributed by atoms with van der Waals surface area (Å²) in [6.07, 6.45) is 2.06. The number of benzene rings is 1. The van der Waals surface area contributed by atoms with Crippen LogP contribution in [0.1, 0.15) is 36.0 Å². The molecule has 1 saturated carbocycles. The van der Waals surface area contributed by atoms with Crippen LogP contribution in [0, 0.1) is 32.6 Å². The SMILES string of the molecule is Cc1cc(C)c(NC(=O)C2CCCC2C(=O)O)c(C)c1. The topological polar surface area (TPSA) is 66.4 Å². The van der Waals surface area contributed by atoms with E-state index >= 15 is 0 Å². The molecule has 0 radical (unpaired) electrons. The first kappa shape index (κ1) is 14.6. The van der Waals surface area contributed by atoms with Crippen LogP contribution < -0.4 is 5.32 Å². The molecule has 20 heavy (non-hydrogen) atoms. The minimum atomic E-state index is -0.861. The summed E-state index contributed by atoms with van der Waals surface area (Å²) in [5.74, 6) is -1.97. The number of amides is 1. The lowest BCUT2D eigenvalue weighted by Crippen LogP contribution is -2.30. The summed E-state index contributed by atoms with van der Waals surface area (Å²) in [4.78, 5) is 23.5. The van der Waals surface area contributed by atoms with Crippen LogP contribution in [0.4, 0.5) is 5.69 Å². The van der Waals surface area contributed by atoms with Crippen LogP contribution in [-0.2, 0) is 9.59 Å². The monoisotopic (exact) mass is 275 g/mol. The van der Waals surface area contributed by atoms with Gasteiger partial charge in [-0.25, -0.2) is 0 Å². The molecular formula is C16H21NO3. The number of aryl methyl sites for hydroxylation is 3. The highest BCUT2D eigenvalue weighted by Gasteiger charge is 2.37. The average Bonchev–Trinajstić information content (AvgIpc) is 2.82. The third kappa shape index (κ3) is 2.84. The first-order chi connectivity index (χ1) is 9.40. The minimum Gasteiger partial charge on any atom is -0.481 e. The maximum absolute atomic E-state index is 12.3. The molecule has 1 amide bonds. The maximum atomic E-state index is 12.3. The van der Waals surface area contributed by atoms with Gasteiger partial charge in [0.25, 0.3) is 0 Å². The lowest BCUT2D eigenvalue weighted by Gasteiger charge is -2.18. The Balaban J connectivity index is 2.18. The van der Waals surface area contributed by atoms with Crippen LogP contribution in [0.3, 0.4) is 0 Å². The van der Waals surface area contributed by atoms with Gasteiger partial charge in [0.1, 0.15) is 0 Å². The quantitative estimate of drug-likeness (QED) is 0.891. The molecule has 0 heterocycles. The first-order valence-corrected chi connectivity index (χ1v) is 7.01. The van der Waals surface area contributed by atoms with Crippen molar-refractivity contribution in [1.29, 1.82) is 0 Å². The maximum Gasteiger partial charge on any atom is 0.307 e. The fourth-order valence-corrected chi connectivity index (χ4v) is 3.16. The Morgan fingerprint density at radius 1 is 1.10 bits per heavy atom. The summed E-state index contributed by atoms with van der Waals surface area (Å²) < 4.78 is 0. The van der Waals surface area contributed by atoms with E-state index < -0.39 is 17.8 Å². The zero-order valence-corrected chi connectivity index (χ0v) is 12.2. The molecule has 2 rings (SSSR count). The summed E-state index contributed by atoms with van der Waals surface area (Å²) in [6, 6.07) is 4.04. The third-order valence-electron chi connectivity index (χ3n) is 4.10. The number of carboxylic acid groups (broad SMARTS) is 1.